The summed E-state index contributed by atoms with van der Waals surface area (Å²) in [5.41, 5.74) is -0.203. The minimum Gasteiger partial charge on any atom is -0.460 e. The van der Waals surface area contributed by atoms with Gasteiger partial charge < -0.3 is 14.2 Å². The van der Waals surface area contributed by atoms with Crippen molar-refractivity contribution in [1.29, 1.82) is 0 Å². The van der Waals surface area contributed by atoms with Crippen LogP contribution in [0.1, 0.15) is 40.5 Å². The standard InChI is InChI=1S/C17H22O5/c1-9-5-13-15(3,6-11(9)19)16(4)7-12(21-10(2)18)14(22-13)17(16)8-20-17/h5,12-14H,6-8H2,1-4H3/t12-,13+,14-,15-,16-,17-/m0/s1. The molecule has 0 N–H and O–H groups in total. The van der Waals surface area contributed by atoms with Crippen LogP contribution in [-0.2, 0) is 23.8 Å². The molecule has 0 radical (unpaired) electrons. The van der Waals surface area contributed by atoms with E-state index in [4.69, 9.17) is 14.2 Å². The summed E-state index contributed by atoms with van der Waals surface area (Å²) in [4.78, 5) is 23.8. The van der Waals surface area contributed by atoms with Gasteiger partial charge in [-0.3, -0.25) is 9.59 Å². The number of hydrogen-bond donors (Lipinski definition) is 0. The first-order chi connectivity index (χ1) is 10.2. The predicted octanol–water partition coefficient (Wildman–Crippen LogP) is 1.79. The molecule has 0 amide bonds. The SMILES string of the molecule is CC(=O)O[C@H]1C[C@@]2(C)[C@@]3(C)CC(=O)C(C)=C[C@H]3O[C@@H]1[C@@]21CO1. The van der Waals surface area contributed by atoms with Crippen LogP contribution in [-0.4, -0.2) is 42.3 Å². The minimum absolute atomic E-state index is 0.129. The van der Waals surface area contributed by atoms with Gasteiger partial charge in [0.25, 0.3) is 0 Å². The molecule has 1 spiro atoms. The largest absolute Gasteiger partial charge is 0.460 e. The highest BCUT2D eigenvalue weighted by Crippen LogP contribution is 2.71. The van der Waals surface area contributed by atoms with Crippen LogP contribution in [0.4, 0.5) is 0 Å². The van der Waals surface area contributed by atoms with Crippen LogP contribution < -0.4 is 0 Å². The third kappa shape index (κ3) is 1.46. The summed E-state index contributed by atoms with van der Waals surface area (Å²) in [7, 11) is 0. The number of carbonyl (C=O) groups excluding carboxylic acids is 2. The summed E-state index contributed by atoms with van der Waals surface area (Å²) in [6.07, 6.45) is 2.43. The quantitative estimate of drug-likeness (QED) is 0.546. The van der Waals surface area contributed by atoms with Crippen LogP contribution in [0.25, 0.3) is 0 Å². The Labute approximate surface area is 130 Å². The van der Waals surface area contributed by atoms with E-state index in [9.17, 15) is 9.59 Å². The van der Waals surface area contributed by atoms with Gasteiger partial charge in [-0.25, -0.2) is 0 Å². The number of esters is 1. The summed E-state index contributed by atoms with van der Waals surface area (Å²) in [5.74, 6) is -0.120. The molecular formula is C17H22O5. The molecule has 0 unspecified atom stereocenters. The molecule has 120 valence electrons. The lowest BCUT2D eigenvalue weighted by molar-refractivity contribution is -0.200. The second-order valence-electron chi connectivity index (χ2n) is 7.71. The molecule has 5 heteroatoms. The Morgan fingerprint density at radius 1 is 1.41 bits per heavy atom. The van der Waals surface area contributed by atoms with E-state index in [1.165, 1.54) is 6.92 Å². The number of Topliss-reactive ketones (excluding diaryl/α,β-unsaturated/α-hetero) is 1. The maximum atomic E-state index is 12.3. The lowest BCUT2D eigenvalue weighted by Crippen LogP contribution is -2.62. The van der Waals surface area contributed by atoms with Crippen LogP contribution in [0.5, 0.6) is 0 Å². The lowest BCUT2D eigenvalue weighted by atomic mass is 9.52. The van der Waals surface area contributed by atoms with E-state index in [0.29, 0.717) is 19.4 Å². The minimum atomic E-state index is -0.405. The molecule has 2 saturated heterocycles. The van der Waals surface area contributed by atoms with Gasteiger partial charge in [0.15, 0.2) is 5.78 Å². The smallest absolute Gasteiger partial charge is 0.302 e. The molecule has 2 heterocycles. The van der Waals surface area contributed by atoms with Gasteiger partial charge in [-0.05, 0) is 25.0 Å². The van der Waals surface area contributed by atoms with E-state index in [2.05, 4.69) is 13.8 Å². The maximum Gasteiger partial charge on any atom is 0.302 e. The molecule has 0 aromatic rings. The second kappa shape index (κ2) is 4.01. The van der Waals surface area contributed by atoms with E-state index >= 15 is 0 Å². The number of fused-ring (bicyclic) bond motifs is 2. The highest BCUT2D eigenvalue weighted by Gasteiger charge is 2.81. The molecule has 5 nitrogen and oxygen atoms in total. The van der Waals surface area contributed by atoms with Gasteiger partial charge in [-0.2, -0.15) is 0 Å². The highest BCUT2D eigenvalue weighted by molar-refractivity contribution is 5.96. The highest BCUT2D eigenvalue weighted by atomic mass is 16.7. The number of epoxide rings is 1. The lowest BCUT2D eigenvalue weighted by Gasteiger charge is -2.55. The van der Waals surface area contributed by atoms with Crippen LogP contribution >= 0.6 is 0 Å². The third-order valence-electron chi connectivity index (χ3n) is 6.66. The Hall–Kier alpha value is -1.20. The zero-order valence-corrected chi connectivity index (χ0v) is 13.5. The van der Waals surface area contributed by atoms with Crippen molar-refractivity contribution in [2.45, 2.75) is 64.4 Å². The summed E-state index contributed by atoms with van der Waals surface area (Å²) < 4.78 is 17.7. The van der Waals surface area contributed by atoms with E-state index < -0.39 is 5.60 Å². The summed E-state index contributed by atoms with van der Waals surface area (Å²) in [6.45, 7) is 8.18. The molecule has 2 bridgehead atoms. The molecule has 3 fully saturated rings. The van der Waals surface area contributed by atoms with Crippen molar-refractivity contribution < 1.29 is 23.8 Å². The number of allylic oxidation sites excluding steroid dienone is 1. The van der Waals surface area contributed by atoms with Gasteiger partial charge in [-0.15, -0.1) is 0 Å². The van der Waals surface area contributed by atoms with Crippen LogP contribution in [0.15, 0.2) is 11.6 Å². The molecular weight excluding hydrogens is 284 g/mol. The Balaban J connectivity index is 1.80. The number of ketones is 1. The first kappa shape index (κ1) is 14.4. The van der Waals surface area contributed by atoms with Gasteiger partial charge in [0.05, 0.1) is 12.7 Å². The van der Waals surface area contributed by atoms with Gasteiger partial charge in [-0.1, -0.05) is 13.8 Å². The van der Waals surface area contributed by atoms with Crippen LogP contribution in [0.3, 0.4) is 0 Å². The van der Waals surface area contributed by atoms with Gasteiger partial charge in [0.1, 0.15) is 17.8 Å². The van der Waals surface area contributed by atoms with Crippen molar-refractivity contribution >= 4 is 11.8 Å². The van der Waals surface area contributed by atoms with Gasteiger partial charge >= 0.3 is 5.97 Å². The maximum absolute atomic E-state index is 12.3. The van der Waals surface area contributed by atoms with Gasteiger partial charge in [0, 0.05) is 24.2 Å². The molecule has 2 aliphatic carbocycles. The fraction of sp³-hybridized carbons (Fsp3) is 0.765. The summed E-state index contributed by atoms with van der Waals surface area (Å²) in [6, 6.07) is 0. The van der Waals surface area contributed by atoms with E-state index in [1.807, 2.05) is 13.0 Å². The predicted molar refractivity (Wildman–Crippen MR) is 77.1 cm³/mol. The number of carbonyl (C=O) groups is 2. The first-order valence-electron chi connectivity index (χ1n) is 7.92. The Kier molecular flexibility index (Phi) is 2.62. The van der Waals surface area contributed by atoms with Crippen molar-refractivity contribution in [2.24, 2.45) is 10.8 Å². The number of ether oxygens (including phenoxy) is 3. The molecule has 0 aromatic heterocycles. The van der Waals surface area contributed by atoms with E-state index in [-0.39, 0.29) is 40.9 Å². The molecule has 6 atom stereocenters. The van der Waals surface area contributed by atoms with E-state index in [0.717, 1.165) is 5.57 Å². The van der Waals surface area contributed by atoms with Crippen molar-refractivity contribution in [3.8, 4) is 0 Å². The number of rotatable bonds is 1. The topological polar surface area (TPSA) is 65.1 Å². The summed E-state index contributed by atoms with van der Waals surface area (Å²) in [5, 5.41) is 0. The van der Waals surface area contributed by atoms with Crippen molar-refractivity contribution in [1.82, 2.24) is 0 Å². The first-order valence-corrected chi connectivity index (χ1v) is 7.92. The molecule has 2 aliphatic heterocycles. The third-order valence-corrected chi connectivity index (χ3v) is 6.66. The van der Waals surface area contributed by atoms with Crippen LogP contribution in [0, 0.1) is 10.8 Å². The average molecular weight is 306 g/mol. The Bertz CT molecular complexity index is 604. The zero-order valence-electron chi connectivity index (χ0n) is 13.5. The normalized spacial score (nSPS) is 52.3. The van der Waals surface area contributed by atoms with E-state index in [1.54, 1.807) is 0 Å². The fourth-order valence-corrected chi connectivity index (χ4v) is 5.02. The molecule has 4 rings (SSSR count). The van der Waals surface area contributed by atoms with Crippen molar-refractivity contribution in [3.63, 3.8) is 0 Å². The summed E-state index contributed by atoms with van der Waals surface area (Å²) >= 11 is 0. The Morgan fingerprint density at radius 3 is 2.68 bits per heavy atom. The molecule has 0 aromatic carbocycles. The van der Waals surface area contributed by atoms with Crippen molar-refractivity contribution in [2.75, 3.05) is 6.61 Å². The molecule has 4 aliphatic rings. The molecule has 1 saturated carbocycles. The number of hydrogen-bond acceptors (Lipinski definition) is 5. The fourth-order valence-electron chi connectivity index (χ4n) is 5.02. The van der Waals surface area contributed by atoms with Crippen LogP contribution in [0.2, 0.25) is 0 Å². The zero-order chi connectivity index (χ0) is 15.9. The second-order valence-corrected chi connectivity index (χ2v) is 7.71. The molecule has 22 heavy (non-hydrogen) atoms. The Morgan fingerprint density at radius 2 is 2.09 bits per heavy atom. The average Bonchev–Trinajstić information content (AvgIpc) is 3.16. The van der Waals surface area contributed by atoms with Crippen molar-refractivity contribution in [3.05, 3.63) is 11.6 Å². The monoisotopic (exact) mass is 306 g/mol. The van der Waals surface area contributed by atoms with Gasteiger partial charge in [0.2, 0.25) is 0 Å².